The fourth-order valence-electron chi connectivity index (χ4n) is 1.41. The lowest BCUT2D eigenvalue weighted by Gasteiger charge is -2.22. The highest BCUT2D eigenvalue weighted by Gasteiger charge is 2.17. The van der Waals surface area contributed by atoms with Gasteiger partial charge in [0.15, 0.2) is 0 Å². The Morgan fingerprint density at radius 1 is 1.58 bits per heavy atom. The van der Waals surface area contributed by atoms with Gasteiger partial charge in [-0.1, -0.05) is 22.8 Å². The SMILES string of the molecule is CC1=CCC(=C(C)C)C[C@@H]1SO. The van der Waals surface area contributed by atoms with Crippen LogP contribution < -0.4 is 0 Å². The van der Waals surface area contributed by atoms with Crippen molar-refractivity contribution >= 4 is 12.0 Å². The Morgan fingerprint density at radius 2 is 2.25 bits per heavy atom. The Bertz CT molecular complexity index is 224. The standard InChI is InChI=1S/C10H16OS/c1-7(2)9-5-4-8(3)10(6-9)12-11/h4,10-11H,5-6H2,1-3H3/t10-/m0/s1. The zero-order chi connectivity index (χ0) is 9.14. The maximum Gasteiger partial charge on any atom is 0.0552 e. The molecular formula is C10H16OS. The summed E-state index contributed by atoms with van der Waals surface area (Å²) in [6, 6.07) is 0. The van der Waals surface area contributed by atoms with E-state index in [0.717, 1.165) is 24.9 Å². The first kappa shape index (κ1) is 9.87. The molecular weight excluding hydrogens is 168 g/mol. The smallest absolute Gasteiger partial charge is 0.0552 e. The normalized spacial score (nSPS) is 23.8. The van der Waals surface area contributed by atoms with Crippen molar-refractivity contribution in [2.45, 2.75) is 38.9 Å². The van der Waals surface area contributed by atoms with Gasteiger partial charge in [-0.25, -0.2) is 0 Å². The van der Waals surface area contributed by atoms with Crippen LogP contribution in [0.1, 0.15) is 33.6 Å². The minimum Gasteiger partial charge on any atom is -0.329 e. The average Bonchev–Trinajstić information content (AvgIpc) is 2.05. The van der Waals surface area contributed by atoms with Crippen molar-refractivity contribution < 1.29 is 4.55 Å². The van der Waals surface area contributed by atoms with E-state index in [4.69, 9.17) is 4.55 Å². The summed E-state index contributed by atoms with van der Waals surface area (Å²) in [5, 5.41) is 0.295. The fourth-order valence-corrected chi connectivity index (χ4v) is 1.95. The predicted octanol–water partition coefficient (Wildman–Crippen LogP) is 3.64. The Labute approximate surface area is 78.8 Å². The molecule has 0 spiro atoms. The van der Waals surface area contributed by atoms with Gasteiger partial charge < -0.3 is 4.55 Å². The molecule has 2 heteroatoms. The van der Waals surface area contributed by atoms with Gasteiger partial charge in [0.2, 0.25) is 0 Å². The van der Waals surface area contributed by atoms with Gasteiger partial charge in [-0.2, -0.15) is 0 Å². The molecule has 1 atom stereocenters. The molecule has 1 aliphatic carbocycles. The summed E-state index contributed by atoms with van der Waals surface area (Å²) in [6.07, 6.45) is 4.32. The summed E-state index contributed by atoms with van der Waals surface area (Å²) >= 11 is 0.973. The fraction of sp³-hybridized carbons (Fsp3) is 0.600. The number of rotatable bonds is 1. The first-order valence-electron chi connectivity index (χ1n) is 4.27. The summed E-state index contributed by atoms with van der Waals surface area (Å²) < 4.78 is 9.01. The van der Waals surface area contributed by atoms with Crippen LogP contribution in [0.5, 0.6) is 0 Å². The van der Waals surface area contributed by atoms with E-state index < -0.39 is 0 Å². The average molecular weight is 184 g/mol. The van der Waals surface area contributed by atoms with Crippen LogP contribution in [0, 0.1) is 0 Å². The molecule has 0 fully saturated rings. The van der Waals surface area contributed by atoms with Crippen molar-refractivity contribution in [3.05, 3.63) is 22.8 Å². The number of hydrogen-bond acceptors (Lipinski definition) is 2. The molecule has 1 aliphatic rings. The van der Waals surface area contributed by atoms with Crippen LogP contribution >= 0.6 is 12.0 Å². The number of allylic oxidation sites excluding steroid dienone is 3. The van der Waals surface area contributed by atoms with Crippen LogP contribution in [0.3, 0.4) is 0 Å². The molecule has 0 bridgehead atoms. The van der Waals surface area contributed by atoms with Gasteiger partial charge in [-0.3, -0.25) is 0 Å². The van der Waals surface area contributed by atoms with Gasteiger partial charge in [-0.05, 0) is 45.7 Å². The van der Waals surface area contributed by atoms with E-state index in [2.05, 4.69) is 26.8 Å². The van der Waals surface area contributed by atoms with Gasteiger partial charge in [0.05, 0.1) is 5.25 Å². The topological polar surface area (TPSA) is 20.2 Å². The maximum absolute atomic E-state index is 9.01. The summed E-state index contributed by atoms with van der Waals surface area (Å²) in [6.45, 7) is 6.38. The lowest BCUT2D eigenvalue weighted by atomic mass is 9.92. The lowest BCUT2D eigenvalue weighted by Crippen LogP contribution is -2.10. The van der Waals surface area contributed by atoms with Crippen LogP contribution in [-0.4, -0.2) is 9.80 Å². The molecule has 0 heterocycles. The lowest BCUT2D eigenvalue weighted by molar-refractivity contribution is 0.648. The highest BCUT2D eigenvalue weighted by atomic mass is 32.2. The van der Waals surface area contributed by atoms with Crippen LogP contribution in [0.4, 0.5) is 0 Å². The molecule has 0 aliphatic heterocycles. The molecule has 1 rings (SSSR count). The molecule has 12 heavy (non-hydrogen) atoms. The van der Waals surface area contributed by atoms with Crippen molar-refractivity contribution in [1.29, 1.82) is 0 Å². The molecule has 0 aromatic carbocycles. The molecule has 1 nitrogen and oxygen atoms in total. The molecule has 0 saturated heterocycles. The second-order valence-electron chi connectivity index (χ2n) is 3.55. The summed E-state index contributed by atoms with van der Waals surface area (Å²) in [5.74, 6) is 0. The van der Waals surface area contributed by atoms with Gasteiger partial charge in [0.25, 0.3) is 0 Å². The van der Waals surface area contributed by atoms with E-state index in [1.54, 1.807) is 0 Å². The minimum atomic E-state index is 0.295. The van der Waals surface area contributed by atoms with Crippen LogP contribution in [0.15, 0.2) is 22.8 Å². The first-order chi connectivity index (χ1) is 5.65. The van der Waals surface area contributed by atoms with E-state index in [9.17, 15) is 0 Å². The zero-order valence-electron chi connectivity index (χ0n) is 7.92. The van der Waals surface area contributed by atoms with E-state index in [-0.39, 0.29) is 0 Å². The molecule has 0 radical (unpaired) electrons. The Hall–Kier alpha value is -0.210. The largest absolute Gasteiger partial charge is 0.329 e. The third kappa shape index (κ3) is 2.14. The third-order valence-corrected chi connectivity index (χ3v) is 3.24. The molecule has 68 valence electrons. The van der Waals surface area contributed by atoms with Gasteiger partial charge >= 0.3 is 0 Å². The van der Waals surface area contributed by atoms with Crippen molar-refractivity contribution in [3.8, 4) is 0 Å². The van der Waals surface area contributed by atoms with Gasteiger partial charge in [0.1, 0.15) is 0 Å². The van der Waals surface area contributed by atoms with Gasteiger partial charge in [0, 0.05) is 0 Å². The summed E-state index contributed by atoms with van der Waals surface area (Å²) in [7, 11) is 0. The van der Waals surface area contributed by atoms with E-state index >= 15 is 0 Å². The highest BCUT2D eigenvalue weighted by molar-refractivity contribution is 7.94. The molecule has 1 N–H and O–H groups in total. The van der Waals surface area contributed by atoms with Crippen molar-refractivity contribution in [2.24, 2.45) is 0 Å². The molecule has 0 saturated carbocycles. The molecule has 0 unspecified atom stereocenters. The maximum atomic E-state index is 9.01. The van der Waals surface area contributed by atoms with Gasteiger partial charge in [-0.15, -0.1) is 0 Å². The van der Waals surface area contributed by atoms with E-state index in [1.807, 2.05) is 0 Å². The molecule has 0 aromatic heterocycles. The number of hydrogen-bond donors (Lipinski definition) is 1. The van der Waals surface area contributed by atoms with Crippen molar-refractivity contribution in [3.63, 3.8) is 0 Å². The van der Waals surface area contributed by atoms with E-state index in [1.165, 1.54) is 16.7 Å². The van der Waals surface area contributed by atoms with Crippen LogP contribution in [0.25, 0.3) is 0 Å². The molecule has 0 amide bonds. The summed E-state index contributed by atoms with van der Waals surface area (Å²) in [4.78, 5) is 0. The second kappa shape index (κ2) is 4.15. The zero-order valence-corrected chi connectivity index (χ0v) is 8.74. The summed E-state index contributed by atoms with van der Waals surface area (Å²) in [5.41, 5.74) is 4.19. The first-order valence-corrected chi connectivity index (χ1v) is 5.11. The Balaban J connectivity index is 2.78. The minimum absolute atomic E-state index is 0.295. The van der Waals surface area contributed by atoms with Crippen molar-refractivity contribution in [1.82, 2.24) is 0 Å². The van der Waals surface area contributed by atoms with Crippen LogP contribution in [0.2, 0.25) is 0 Å². The van der Waals surface area contributed by atoms with E-state index in [0.29, 0.717) is 5.25 Å². The Kier molecular flexibility index (Phi) is 3.41. The van der Waals surface area contributed by atoms with Crippen molar-refractivity contribution in [2.75, 3.05) is 0 Å². The highest BCUT2D eigenvalue weighted by Crippen LogP contribution is 2.31. The van der Waals surface area contributed by atoms with Crippen LogP contribution in [-0.2, 0) is 0 Å². The second-order valence-corrected chi connectivity index (χ2v) is 4.33. The monoisotopic (exact) mass is 184 g/mol. The molecule has 0 aromatic rings. The third-order valence-electron chi connectivity index (χ3n) is 2.44. The predicted molar refractivity (Wildman–Crippen MR) is 55.4 cm³/mol. The quantitative estimate of drug-likeness (QED) is 0.496. The Morgan fingerprint density at radius 3 is 2.75 bits per heavy atom.